The van der Waals surface area contributed by atoms with Crippen molar-refractivity contribution in [2.24, 2.45) is 5.92 Å². The van der Waals surface area contributed by atoms with Crippen LogP contribution in [0.15, 0.2) is 12.3 Å². The Morgan fingerprint density at radius 2 is 2.47 bits per heavy atom. The van der Waals surface area contributed by atoms with Crippen LogP contribution < -0.4 is 10.6 Å². The second-order valence-electron chi connectivity index (χ2n) is 4.49. The molecule has 17 heavy (non-hydrogen) atoms. The number of nitrogen functional groups attached to an aromatic ring is 1. The van der Waals surface area contributed by atoms with Crippen LogP contribution in [0.5, 0.6) is 0 Å². The quantitative estimate of drug-likeness (QED) is 0.785. The minimum absolute atomic E-state index is 0.251. The Hall–Kier alpha value is -1.80. The molecule has 0 aromatic carbocycles. The number of nitrogens with two attached hydrogens (primary N) is 1. The van der Waals surface area contributed by atoms with Crippen molar-refractivity contribution in [3.05, 3.63) is 17.8 Å². The van der Waals surface area contributed by atoms with Crippen molar-refractivity contribution in [1.82, 2.24) is 4.98 Å². The number of aromatic nitrogens is 1. The number of aliphatic hydroxyl groups is 1. The van der Waals surface area contributed by atoms with Gasteiger partial charge >= 0.3 is 0 Å². The standard InChI is InChI=1S/C12H16N4O/c1-8(17)9-2-3-16(7-9)12-10(5-13)4-11(14)6-15-12/h4,6,8-9,17H,2-3,7,14H2,1H3. The summed E-state index contributed by atoms with van der Waals surface area (Å²) >= 11 is 0. The van der Waals surface area contributed by atoms with Gasteiger partial charge in [0.15, 0.2) is 0 Å². The minimum atomic E-state index is -0.320. The van der Waals surface area contributed by atoms with Crippen LogP contribution in [0.2, 0.25) is 0 Å². The van der Waals surface area contributed by atoms with Gasteiger partial charge in [0.05, 0.1) is 23.6 Å². The van der Waals surface area contributed by atoms with Gasteiger partial charge in [-0.3, -0.25) is 0 Å². The number of nitrogens with zero attached hydrogens (tertiary/aromatic N) is 3. The third-order valence-electron chi connectivity index (χ3n) is 3.21. The van der Waals surface area contributed by atoms with Gasteiger partial charge in [0.25, 0.3) is 0 Å². The second kappa shape index (κ2) is 4.60. The number of aliphatic hydroxyl groups excluding tert-OH is 1. The first-order valence-corrected chi connectivity index (χ1v) is 5.70. The molecule has 1 aromatic rings. The van der Waals surface area contributed by atoms with E-state index >= 15 is 0 Å². The Labute approximate surface area is 100 Å². The highest BCUT2D eigenvalue weighted by Crippen LogP contribution is 2.27. The summed E-state index contributed by atoms with van der Waals surface area (Å²) in [6, 6.07) is 3.75. The summed E-state index contributed by atoms with van der Waals surface area (Å²) < 4.78 is 0. The smallest absolute Gasteiger partial charge is 0.146 e. The first kappa shape index (κ1) is 11.7. The normalized spacial score (nSPS) is 21.2. The Morgan fingerprint density at radius 3 is 3.06 bits per heavy atom. The molecular weight excluding hydrogens is 216 g/mol. The van der Waals surface area contributed by atoms with E-state index in [4.69, 9.17) is 11.0 Å². The molecule has 2 heterocycles. The lowest BCUT2D eigenvalue weighted by Gasteiger charge is -2.19. The highest BCUT2D eigenvalue weighted by molar-refractivity contribution is 5.59. The van der Waals surface area contributed by atoms with Crippen LogP contribution in [-0.4, -0.2) is 29.3 Å². The zero-order chi connectivity index (χ0) is 12.4. The molecular formula is C12H16N4O. The molecule has 2 atom stereocenters. The van der Waals surface area contributed by atoms with Gasteiger partial charge in [-0.1, -0.05) is 0 Å². The van der Waals surface area contributed by atoms with Gasteiger partial charge in [-0.25, -0.2) is 4.98 Å². The molecule has 1 aliphatic heterocycles. The predicted molar refractivity (Wildman–Crippen MR) is 65.4 cm³/mol. The van der Waals surface area contributed by atoms with E-state index < -0.39 is 0 Å². The lowest BCUT2D eigenvalue weighted by molar-refractivity contribution is 0.136. The lowest BCUT2D eigenvalue weighted by Crippen LogP contribution is -2.25. The Morgan fingerprint density at radius 1 is 1.71 bits per heavy atom. The fourth-order valence-corrected chi connectivity index (χ4v) is 2.18. The van der Waals surface area contributed by atoms with Crippen LogP contribution in [0.1, 0.15) is 18.9 Å². The fourth-order valence-electron chi connectivity index (χ4n) is 2.18. The summed E-state index contributed by atoms with van der Waals surface area (Å²) in [6.07, 6.45) is 2.17. The maximum atomic E-state index is 9.56. The largest absolute Gasteiger partial charge is 0.397 e. The number of pyridine rings is 1. The summed E-state index contributed by atoms with van der Waals surface area (Å²) in [6.45, 7) is 3.36. The third kappa shape index (κ3) is 2.32. The first-order chi connectivity index (χ1) is 8.11. The van der Waals surface area contributed by atoms with Gasteiger partial charge in [0.1, 0.15) is 11.9 Å². The van der Waals surface area contributed by atoms with Crippen molar-refractivity contribution in [3.63, 3.8) is 0 Å². The molecule has 2 unspecified atom stereocenters. The van der Waals surface area contributed by atoms with Crippen LogP contribution >= 0.6 is 0 Å². The number of hydrogen-bond donors (Lipinski definition) is 2. The molecule has 0 spiro atoms. The summed E-state index contributed by atoms with van der Waals surface area (Å²) in [5.41, 5.74) is 6.60. The number of nitriles is 1. The minimum Gasteiger partial charge on any atom is -0.397 e. The third-order valence-corrected chi connectivity index (χ3v) is 3.21. The van der Waals surface area contributed by atoms with Gasteiger partial charge in [-0.15, -0.1) is 0 Å². The molecule has 1 aliphatic rings. The molecule has 3 N–H and O–H groups in total. The molecule has 0 bridgehead atoms. The maximum absolute atomic E-state index is 9.56. The number of hydrogen-bond acceptors (Lipinski definition) is 5. The molecule has 0 aliphatic carbocycles. The lowest BCUT2D eigenvalue weighted by atomic mass is 10.0. The Bertz CT molecular complexity index is 452. The van der Waals surface area contributed by atoms with E-state index in [-0.39, 0.29) is 12.0 Å². The average Bonchev–Trinajstić information content (AvgIpc) is 2.78. The van der Waals surface area contributed by atoms with Crippen molar-refractivity contribution >= 4 is 11.5 Å². The van der Waals surface area contributed by atoms with Crippen LogP contribution in [0.4, 0.5) is 11.5 Å². The SMILES string of the molecule is CC(O)C1CCN(c2ncc(N)cc2C#N)C1. The Balaban J connectivity index is 2.22. The highest BCUT2D eigenvalue weighted by Gasteiger charge is 2.28. The van der Waals surface area contributed by atoms with Gasteiger partial charge in [0.2, 0.25) is 0 Å². The van der Waals surface area contributed by atoms with Crippen LogP contribution in [0, 0.1) is 17.2 Å². The fraction of sp³-hybridized carbons (Fsp3) is 0.500. The molecule has 1 saturated heterocycles. The summed E-state index contributed by atoms with van der Waals surface area (Å²) in [4.78, 5) is 6.26. The molecule has 0 radical (unpaired) electrons. The van der Waals surface area contributed by atoms with Crippen molar-refractivity contribution in [1.29, 1.82) is 5.26 Å². The Kier molecular flexibility index (Phi) is 3.16. The summed E-state index contributed by atoms with van der Waals surface area (Å²) in [7, 11) is 0. The number of anilines is 2. The van der Waals surface area contributed by atoms with Crippen molar-refractivity contribution < 1.29 is 5.11 Å². The van der Waals surface area contributed by atoms with E-state index in [0.717, 1.165) is 19.5 Å². The van der Waals surface area contributed by atoms with Crippen molar-refractivity contribution in [3.8, 4) is 6.07 Å². The van der Waals surface area contributed by atoms with E-state index in [1.807, 2.05) is 4.90 Å². The molecule has 90 valence electrons. The summed E-state index contributed by atoms with van der Waals surface area (Å²) in [5.74, 6) is 0.922. The van der Waals surface area contributed by atoms with Gasteiger partial charge < -0.3 is 15.7 Å². The highest BCUT2D eigenvalue weighted by atomic mass is 16.3. The van der Waals surface area contributed by atoms with Crippen LogP contribution in [0.3, 0.4) is 0 Å². The molecule has 0 amide bonds. The predicted octanol–water partition coefficient (Wildman–Crippen LogP) is 0.743. The zero-order valence-corrected chi connectivity index (χ0v) is 9.80. The second-order valence-corrected chi connectivity index (χ2v) is 4.49. The number of rotatable bonds is 2. The first-order valence-electron chi connectivity index (χ1n) is 5.70. The van der Waals surface area contributed by atoms with Crippen LogP contribution in [-0.2, 0) is 0 Å². The monoisotopic (exact) mass is 232 g/mol. The van der Waals surface area contributed by atoms with Gasteiger partial charge in [-0.05, 0) is 19.4 Å². The van der Waals surface area contributed by atoms with Gasteiger partial charge in [0, 0.05) is 19.0 Å². The maximum Gasteiger partial charge on any atom is 0.146 e. The van der Waals surface area contributed by atoms with E-state index in [1.54, 1.807) is 19.2 Å². The van der Waals surface area contributed by atoms with E-state index in [9.17, 15) is 5.11 Å². The van der Waals surface area contributed by atoms with Gasteiger partial charge in [-0.2, -0.15) is 5.26 Å². The molecule has 1 aromatic heterocycles. The van der Waals surface area contributed by atoms with Crippen LogP contribution in [0.25, 0.3) is 0 Å². The van der Waals surface area contributed by atoms with E-state index in [2.05, 4.69) is 11.1 Å². The molecule has 5 nitrogen and oxygen atoms in total. The summed E-state index contributed by atoms with van der Waals surface area (Å²) in [5, 5.41) is 18.6. The molecule has 1 fully saturated rings. The van der Waals surface area contributed by atoms with E-state index in [1.165, 1.54) is 0 Å². The van der Waals surface area contributed by atoms with Crippen molar-refractivity contribution in [2.75, 3.05) is 23.7 Å². The average molecular weight is 232 g/mol. The van der Waals surface area contributed by atoms with Crippen molar-refractivity contribution in [2.45, 2.75) is 19.4 Å². The zero-order valence-electron chi connectivity index (χ0n) is 9.80. The molecule has 0 saturated carbocycles. The van der Waals surface area contributed by atoms with E-state index in [0.29, 0.717) is 17.1 Å². The molecule has 2 rings (SSSR count). The molecule has 5 heteroatoms. The topological polar surface area (TPSA) is 86.2 Å².